The van der Waals surface area contributed by atoms with Gasteiger partial charge < -0.3 is 15.4 Å². The summed E-state index contributed by atoms with van der Waals surface area (Å²) in [7, 11) is 3.76. The van der Waals surface area contributed by atoms with E-state index in [2.05, 4.69) is 35.8 Å². The second-order valence-electron chi connectivity index (χ2n) is 4.71. The van der Waals surface area contributed by atoms with Crippen molar-refractivity contribution in [1.29, 1.82) is 0 Å². The van der Waals surface area contributed by atoms with Crippen molar-refractivity contribution in [3.63, 3.8) is 0 Å². The van der Waals surface area contributed by atoms with Crippen LogP contribution in [0, 0.1) is 6.92 Å². The Kier molecular flexibility index (Phi) is 4.02. The van der Waals surface area contributed by atoms with Crippen LogP contribution in [0.15, 0.2) is 18.2 Å². The van der Waals surface area contributed by atoms with Gasteiger partial charge in [0.25, 0.3) is 0 Å². The number of rotatable bonds is 4. The molecule has 1 aromatic rings. The lowest BCUT2D eigenvalue weighted by atomic mass is 9.96. The Morgan fingerprint density at radius 1 is 1.47 bits per heavy atom. The van der Waals surface area contributed by atoms with Gasteiger partial charge in [0.15, 0.2) is 0 Å². The summed E-state index contributed by atoms with van der Waals surface area (Å²) < 4.78 is 5.47. The number of hydrogen-bond donors (Lipinski definition) is 2. The maximum atomic E-state index is 5.47. The van der Waals surface area contributed by atoms with Gasteiger partial charge in [0.2, 0.25) is 0 Å². The normalized spacial score (nSPS) is 21.5. The number of aryl methyl sites for hydroxylation is 1. The van der Waals surface area contributed by atoms with Crippen molar-refractivity contribution < 1.29 is 4.74 Å². The van der Waals surface area contributed by atoms with Gasteiger partial charge in [-0.05, 0) is 39.4 Å². The molecule has 0 spiro atoms. The van der Waals surface area contributed by atoms with Crippen molar-refractivity contribution >= 4 is 0 Å². The van der Waals surface area contributed by atoms with Gasteiger partial charge in [-0.15, -0.1) is 0 Å². The summed E-state index contributed by atoms with van der Waals surface area (Å²) >= 11 is 0. The molecule has 1 saturated heterocycles. The number of benzene rings is 1. The lowest BCUT2D eigenvalue weighted by Gasteiger charge is -2.25. The topological polar surface area (TPSA) is 33.3 Å². The SMILES string of the molecule is CNC(c1cc(C)ccc1OC)C1CCCN1. The van der Waals surface area contributed by atoms with Crippen LogP contribution in [-0.4, -0.2) is 26.7 Å². The van der Waals surface area contributed by atoms with Crippen LogP contribution in [0.1, 0.15) is 30.0 Å². The molecule has 2 rings (SSSR count). The van der Waals surface area contributed by atoms with Crippen LogP contribution >= 0.6 is 0 Å². The van der Waals surface area contributed by atoms with E-state index in [1.165, 1.54) is 24.0 Å². The van der Waals surface area contributed by atoms with E-state index in [4.69, 9.17) is 4.74 Å². The van der Waals surface area contributed by atoms with Gasteiger partial charge in [-0.3, -0.25) is 0 Å². The minimum Gasteiger partial charge on any atom is -0.496 e. The third-order valence-electron chi connectivity index (χ3n) is 3.53. The zero-order chi connectivity index (χ0) is 12.3. The van der Waals surface area contributed by atoms with E-state index in [-0.39, 0.29) is 0 Å². The van der Waals surface area contributed by atoms with Crippen molar-refractivity contribution in [2.75, 3.05) is 20.7 Å². The first-order valence-corrected chi connectivity index (χ1v) is 6.31. The molecule has 2 N–H and O–H groups in total. The molecule has 1 fully saturated rings. The van der Waals surface area contributed by atoms with Crippen molar-refractivity contribution in [3.05, 3.63) is 29.3 Å². The molecule has 3 heteroatoms. The van der Waals surface area contributed by atoms with Crippen LogP contribution in [0.4, 0.5) is 0 Å². The Hall–Kier alpha value is -1.06. The Morgan fingerprint density at radius 3 is 2.88 bits per heavy atom. The molecule has 1 aromatic carbocycles. The molecule has 2 unspecified atom stereocenters. The van der Waals surface area contributed by atoms with Gasteiger partial charge in [-0.1, -0.05) is 17.7 Å². The molecule has 1 aliphatic rings. The minimum absolute atomic E-state index is 0.326. The highest BCUT2D eigenvalue weighted by molar-refractivity contribution is 5.40. The molecule has 1 aliphatic heterocycles. The second-order valence-corrected chi connectivity index (χ2v) is 4.71. The summed E-state index contributed by atoms with van der Waals surface area (Å²) in [6, 6.07) is 7.21. The Labute approximate surface area is 104 Å². The summed E-state index contributed by atoms with van der Waals surface area (Å²) in [6.07, 6.45) is 2.49. The van der Waals surface area contributed by atoms with E-state index in [0.717, 1.165) is 12.3 Å². The zero-order valence-corrected chi connectivity index (χ0v) is 10.9. The van der Waals surface area contributed by atoms with Crippen LogP contribution in [-0.2, 0) is 0 Å². The van der Waals surface area contributed by atoms with Gasteiger partial charge in [0.05, 0.1) is 13.2 Å². The summed E-state index contributed by atoms with van der Waals surface area (Å²) in [5, 5.41) is 6.98. The fourth-order valence-corrected chi connectivity index (χ4v) is 2.67. The molecular weight excluding hydrogens is 212 g/mol. The van der Waals surface area contributed by atoms with Crippen LogP contribution in [0.5, 0.6) is 5.75 Å². The lowest BCUT2D eigenvalue weighted by molar-refractivity contribution is 0.382. The fraction of sp³-hybridized carbons (Fsp3) is 0.571. The number of nitrogens with one attached hydrogen (secondary N) is 2. The third-order valence-corrected chi connectivity index (χ3v) is 3.53. The molecule has 0 aliphatic carbocycles. The highest BCUT2D eigenvalue weighted by Gasteiger charge is 2.26. The zero-order valence-electron chi connectivity index (χ0n) is 10.9. The molecule has 0 saturated carbocycles. The standard InChI is InChI=1S/C14H22N2O/c1-10-6-7-13(17-3)11(9-10)14(15-2)12-5-4-8-16-12/h6-7,9,12,14-16H,4-5,8H2,1-3H3. The fourth-order valence-electron chi connectivity index (χ4n) is 2.67. The predicted molar refractivity (Wildman–Crippen MR) is 70.6 cm³/mol. The highest BCUT2D eigenvalue weighted by Crippen LogP contribution is 2.30. The van der Waals surface area contributed by atoms with Crippen molar-refractivity contribution in [3.8, 4) is 5.75 Å². The van der Waals surface area contributed by atoms with E-state index in [0.29, 0.717) is 12.1 Å². The average molecular weight is 234 g/mol. The first-order chi connectivity index (χ1) is 8.26. The number of methoxy groups -OCH3 is 1. The van der Waals surface area contributed by atoms with E-state index in [9.17, 15) is 0 Å². The monoisotopic (exact) mass is 234 g/mol. The van der Waals surface area contributed by atoms with Crippen molar-refractivity contribution in [1.82, 2.24) is 10.6 Å². The summed E-state index contributed by atoms with van der Waals surface area (Å²) in [5.41, 5.74) is 2.54. The van der Waals surface area contributed by atoms with Gasteiger partial charge in [-0.25, -0.2) is 0 Å². The Balaban J connectivity index is 2.31. The molecule has 0 radical (unpaired) electrons. The molecule has 17 heavy (non-hydrogen) atoms. The van der Waals surface area contributed by atoms with Crippen LogP contribution in [0.25, 0.3) is 0 Å². The first-order valence-electron chi connectivity index (χ1n) is 6.31. The summed E-state index contributed by atoms with van der Waals surface area (Å²) in [4.78, 5) is 0. The lowest BCUT2D eigenvalue weighted by Crippen LogP contribution is -2.36. The minimum atomic E-state index is 0.326. The summed E-state index contributed by atoms with van der Waals surface area (Å²) in [6.45, 7) is 3.24. The van der Waals surface area contributed by atoms with E-state index in [1.807, 2.05) is 7.05 Å². The quantitative estimate of drug-likeness (QED) is 0.836. The average Bonchev–Trinajstić information content (AvgIpc) is 2.84. The molecule has 94 valence electrons. The molecule has 2 atom stereocenters. The molecule has 0 amide bonds. The number of hydrogen-bond acceptors (Lipinski definition) is 3. The van der Waals surface area contributed by atoms with E-state index in [1.54, 1.807) is 7.11 Å². The van der Waals surface area contributed by atoms with Crippen molar-refractivity contribution in [2.45, 2.75) is 31.8 Å². The molecule has 0 aromatic heterocycles. The number of likely N-dealkylation sites (N-methyl/N-ethyl adjacent to an activating group) is 1. The molecule has 3 nitrogen and oxygen atoms in total. The van der Waals surface area contributed by atoms with E-state index >= 15 is 0 Å². The van der Waals surface area contributed by atoms with Crippen LogP contribution < -0.4 is 15.4 Å². The smallest absolute Gasteiger partial charge is 0.123 e. The molecule has 1 heterocycles. The van der Waals surface area contributed by atoms with Gasteiger partial charge >= 0.3 is 0 Å². The maximum absolute atomic E-state index is 5.47. The predicted octanol–water partition coefficient (Wildman–Crippen LogP) is 2.02. The maximum Gasteiger partial charge on any atom is 0.123 e. The van der Waals surface area contributed by atoms with E-state index < -0.39 is 0 Å². The summed E-state index contributed by atoms with van der Waals surface area (Å²) in [5.74, 6) is 0.976. The number of ether oxygens (including phenoxy) is 1. The Bertz CT molecular complexity index is 372. The molecular formula is C14H22N2O. The van der Waals surface area contributed by atoms with Crippen LogP contribution in [0.3, 0.4) is 0 Å². The first kappa shape index (κ1) is 12.4. The van der Waals surface area contributed by atoms with Gasteiger partial charge in [0, 0.05) is 11.6 Å². The second kappa shape index (κ2) is 5.52. The highest BCUT2D eigenvalue weighted by atomic mass is 16.5. The molecule has 0 bridgehead atoms. The van der Waals surface area contributed by atoms with Crippen molar-refractivity contribution in [2.24, 2.45) is 0 Å². The van der Waals surface area contributed by atoms with Crippen LogP contribution in [0.2, 0.25) is 0 Å². The third kappa shape index (κ3) is 2.61. The van der Waals surface area contributed by atoms with Gasteiger partial charge in [0.1, 0.15) is 5.75 Å². The largest absolute Gasteiger partial charge is 0.496 e. The van der Waals surface area contributed by atoms with Gasteiger partial charge in [-0.2, -0.15) is 0 Å². The Morgan fingerprint density at radius 2 is 2.29 bits per heavy atom.